The smallest absolute Gasteiger partial charge is 0.386 e. The quantitative estimate of drug-likeness (QED) is 0.492. The van der Waals surface area contributed by atoms with Crippen molar-refractivity contribution in [2.24, 2.45) is 0 Å². The lowest BCUT2D eigenvalue weighted by molar-refractivity contribution is -0.116. The zero-order valence-corrected chi connectivity index (χ0v) is 17.0. The molecular weight excluding hydrogens is 392 g/mol. The summed E-state index contributed by atoms with van der Waals surface area (Å²) in [6, 6.07) is 11.1. The molecule has 3 rings (SSSR count). The highest BCUT2D eigenvalue weighted by molar-refractivity contribution is 6.19. The monoisotopic (exact) mass is 417 g/mol. The second kappa shape index (κ2) is 10.1. The van der Waals surface area contributed by atoms with Gasteiger partial charge in [-0.3, -0.25) is 4.79 Å². The highest BCUT2D eigenvalue weighted by atomic mass is 19.3. The number of aryl methyl sites for hydroxylation is 2. The van der Waals surface area contributed by atoms with Crippen LogP contribution in [0.3, 0.4) is 0 Å². The fourth-order valence-electron chi connectivity index (χ4n) is 3.56. The second-order valence-electron chi connectivity index (χ2n) is 6.96. The van der Waals surface area contributed by atoms with Crippen molar-refractivity contribution in [1.82, 2.24) is 5.32 Å². The number of halogens is 2. The van der Waals surface area contributed by atoms with E-state index in [0.29, 0.717) is 30.0 Å². The van der Waals surface area contributed by atoms with Crippen molar-refractivity contribution < 1.29 is 27.8 Å². The summed E-state index contributed by atoms with van der Waals surface area (Å²) in [6.45, 7) is -2.67. The Hall–Kier alpha value is -3.09. The lowest BCUT2D eigenvalue weighted by Gasteiger charge is -2.12. The zero-order valence-electron chi connectivity index (χ0n) is 17.0. The summed E-state index contributed by atoms with van der Waals surface area (Å²) in [5, 5.41) is 2.78. The van der Waals surface area contributed by atoms with Gasteiger partial charge in [-0.1, -0.05) is 24.3 Å². The molecule has 0 spiro atoms. The molecular formula is C23H25F2NO4. The van der Waals surface area contributed by atoms with E-state index in [2.05, 4.69) is 10.1 Å². The number of fused-ring (bicyclic) bond motifs is 1. The van der Waals surface area contributed by atoms with Gasteiger partial charge in [0.05, 0.1) is 19.8 Å². The Kier molecular flexibility index (Phi) is 7.27. The summed E-state index contributed by atoms with van der Waals surface area (Å²) < 4.78 is 40.0. The van der Waals surface area contributed by atoms with Crippen LogP contribution in [0.15, 0.2) is 42.7 Å². The summed E-state index contributed by atoms with van der Waals surface area (Å²) in [5.74, 6) is 0.760. The number of methoxy groups -OCH3 is 2. The first-order valence-corrected chi connectivity index (χ1v) is 9.77. The summed E-state index contributed by atoms with van der Waals surface area (Å²) in [7, 11) is 3.12. The molecule has 0 aliphatic heterocycles. The maximum absolute atomic E-state index is 12.7. The lowest BCUT2D eigenvalue weighted by Crippen LogP contribution is -2.27. The van der Waals surface area contributed by atoms with Crippen molar-refractivity contribution in [3.63, 3.8) is 0 Å². The topological polar surface area (TPSA) is 56.8 Å². The van der Waals surface area contributed by atoms with Gasteiger partial charge in [-0.05, 0) is 60.1 Å². The van der Waals surface area contributed by atoms with E-state index < -0.39 is 12.5 Å². The van der Waals surface area contributed by atoms with E-state index >= 15 is 0 Å². The number of hydrogen-bond acceptors (Lipinski definition) is 4. The van der Waals surface area contributed by atoms with Gasteiger partial charge in [0, 0.05) is 6.54 Å². The summed E-state index contributed by atoms with van der Waals surface area (Å²) in [6.07, 6.45) is 4.36. The number of amides is 1. The molecule has 1 aliphatic carbocycles. The molecule has 0 saturated heterocycles. The molecule has 0 bridgehead atoms. The Morgan fingerprint density at radius 3 is 2.57 bits per heavy atom. The van der Waals surface area contributed by atoms with Gasteiger partial charge in [-0.15, -0.1) is 0 Å². The first kappa shape index (κ1) is 21.6. The van der Waals surface area contributed by atoms with E-state index in [1.165, 1.54) is 5.56 Å². The third-order valence-electron chi connectivity index (χ3n) is 5.09. The average Bonchev–Trinajstić information content (AvgIpc) is 3.21. The van der Waals surface area contributed by atoms with Crippen molar-refractivity contribution in [3.8, 4) is 11.5 Å². The number of carbonyl (C=O) groups is 1. The maximum atomic E-state index is 12.7. The standard InChI is InChI=1S/C23H25F2NO4/c1-28-20-9-6-15(12-21(20)29-2)10-11-26-22(27)19(14-30-23(24)25)18-8-7-16-4-3-5-17(16)13-18/h6-9,12-14,23H,3-5,10-11H2,1-2H3,(H,26,27). The van der Waals surface area contributed by atoms with Gasteiger partial charge in [0.2, 0.25) is 0 Å². The van der Waals surface area contributed by atoms with Crippen molar-refractivity contribution >= 4 is 11.5 Å². The number of hydrogen-bond donors (Lipinski definition) is 1. The predicted octanol–water partition coefficient (Wildman–Crippen LogP) is 4.13. The molecule has 1 aliphatic rings. The molecule has 7 heteroatoms. The molecule has 0 atom stereocenters. The molecule has 0 heterocycles. The van der Waals surface area contributed by atoms with Crippen molar-refractivity contribution in [3.05, 3.63) is 64.9 Å². The minimum atomic E-state index is -2.99. The molecule has 0 unspecified atom stereocenters. The second-order valence-corrected chi connectivity index (χ2v) is 6.96. The lowest BCUT2D eigenvalue weighted by atomic mass is 10.0. The zero-order chi connectivity index (χ0) is 21.5. The number of benzene rings is 2. The molecule has 2 aromatic rings. The van der Waals surface area contributed by atoms with Gasteiger partial charge in [-0.25, -0.2) is 0 Å². The predicted molar refractivity (Wildman–Crippen MR) is 110 cm³/mol. The SMILES string of the molecule is COc1ccc(CCNC(=O)C(=COC(F)F)c2ccc3c(c2)CCC3)cc1OC. The molecule has 160 valence electrons. The van der Waals surface area contributed by atoms with Crippen molar-refractivity contribution in [2.45, 2.75) is 32.3 Å². The summed E-state index contributed by atoms with van der Waals surface area (Å²) >= 11 is 0. The van der Waals surface area contributed by atoms with E-state index in [1.54, 1.807) is 26.4 Å². The fraction of sp³-hybridized carbons (Fsp3) is 0.348. The van der Waals surface area contributed by atoms with E-state index in [0.717, 1.165) is 36.7 Å². The minimum Gasteiger partial charge on any atom is -0.493 e. The Labute approximate surface area is 174 Å². The molecule has 0 saturated carbocycles. The summed E-state index contributed by atoms with van der Waals surface area (Å²) in [5.41, 5.74) is 3.98. The number of nitrogens with one attached hydrogen (secondary N) is 1. The van der Waals surface area contributed by atoms with Crippen molar-refractivity contribution in [1.29, 1.82) is 0 Å². The third kappa shape index (κ3) is 5.28. The first-order valence-electron chi connectivity index (χ1n) is 9.77. The van der Waals surface area contributed by atoms with Crippen LogP contribution in [0.4, 0.5) is 8.78 Å². The van der Waals surface area contributed by atoms with Crippen LogP contribution in [0.2, 0.25) is 0 Å². The van der Waals surface area contributed by atoms with Gasteiger partial charge >= 0.3 is 6.61 Å². The molecule has 1 N–H and O–H groups in total. The van der Waals surface area contributed by atoms with Crippen LogP contribution in [-0.4, -0.2) is 33.3 Å². The molecule has 0 fully saturated rings. The van der Waals surface area contributed by atoms with Crippen LogP contribution in [0, 0.1) is 0 Å². The fourth-order valence-corrected chi connectivity index (χ4v) is 3.56. The van der Waals surface area contributed by atoms with E-state index in [-0.39, 0.29) is 5.57 Å². The van der Waals surface area contributed by atoms with Gasteiger partial charge < -0.3 is 19.5 Å². The van der Waals surface area contributed by atoms with Crippen molar-refractivity contribution in [2.75, 3.05) is 20.8 Å². The van der Waals surface area contributed by atoms with Crippen LogP contribution in [0.1, 0.15) is 28.7 Å². The van der Waals surface area contributed by atoms with Gasteiger partial charge in [0.25, 0.3) is 5.91 Å². The highest BCUT2D eigenvalue weighted by Crippen LogP contribution is 2.28. The Bertz CT molecular complexity index is 927. The van der Waals surface area contributed by atoms with Gasteiger partial charge in [0.15, 0.2) is 11.5 Å². The largest absolute Gasteiger partial charge is 0.493 e. The Morgan fingerprint density at radius 1 is 1.07 bits per heavy atom. The van der Waals surface area contributed by atoms with E-state index in [1.807, 2.05) is 24.3 Å². The number of rotatable bonds is 9. The number of ether oxygens (including phenoxy) is 3. The Morgan fingerprint density at radius 2 is 1.83 bits per heavy atom. The molecule has 2 aromatic carbocycles. The molecule has 1 amide bonds. The average molecular weight is 417 g/mol. The van der Waals surface area contributed by atoms with Gasteiger partial charge in [0.1, 0.15) is 6.26 Å². The molecule has 5 nitrogen and oxygen atoms in total. The van der Waals surface area contributed by atoms with E-state index in [9.17, 15) is 13.6 Å². The van der Waals surface area contributed by atoms with Crippen LogP contribution >= 0.6 is 0 Å². The summed E-state index contributed by atoms with van der Waals surface area (Å²) in [4.78, 5) is 12.7. The number of carbonyl (C=O) groups excluding carboxylic acids is 1. The minimum absolute atomic E-state index is 0.0808. The van der Waals surface area contributed by atoms with Gasteiger partial charge in [-0.2, -0.15) is 8.78 Å². The first-order chi connectivity index (χ1) is 14.5. The van der Waals surface area contributed by atoms with Crippen LogP contribution in [-0.2, 0) is 28.8 Å². The normalized spacial score (nSPS) is 13.2. The van der Waals surface area contributed by atoms with Crippen LogP contribution in [0.25, 0.3) is 5.57 Å². The maximum Gasteiger partial charge on any atom is 0.386 e. The molecule has 0 aromatic heterocycles. The Balaban J connectivity index is 1.69. The molecule has 0 radical (unpaired) electrons. The van der Waals surface area contributed by atoms with E-state index in [4.69, 9.17) is 9.47 Å². The van der Waals surface area contributed by atoms with Crippen LogP contribution < -0.4 is 14.8 Å². The number of alkyl halides is 2. The third-order valence-corrected chi connectivity index (χ3v) is 5.09. The van der Waals surface area contributed by atoms with Crippen LogP contribution in [0.5, 0.6) is 11.5 Å². The highest BCUT2D eigenvalue weighted by Gasteiger charge is 2.18. The molecule has 30 heavy (non-hydrogen) atoms.